The topological polar surface area (TPSA) is 30.0 Å². The number of carbonyl (C=O) groups is 1. The molecular weight excluding hydrogens is 277 g/mol. The Bertz CT molecular complexity index is 791. The lowest BCUT2D eigenvalue weighted by molar-refractivity contribution is 0.103. The molecule has 0 aliphatic rings. The van der Waals surface area contributed by atoms with Crippen LogP contribution in [-0.2, 0) is 0 Å². The predicted octanol–water partition coefficient (Wildman–Crippen LogP) is 4.26. The van der Waals surface area contributed by atoms with Crippen molar-refractivity contribution in [2.75, 3.05) is 0 Å². The van der Waals surface area contributed by atoms with Gasteiger partial charge in [-0.2, -0.15) is 0 Å². The van der Waals surface area contributed by atoms with Crippen molar-refractivity contribution in [2.24, 2.45) is 0 Å². The van der Waals surface area contributed by atoms with Gasteiger partial charge in [0.2, 0.25) is 0 Å². The molecule has 0 aliphatic carbocycles. The van der Waals surface area contributed by atoms with Gasteiger partial charge in [0.15, 0.2) is 5.78 Å². The fourth-order valence-electron chi connectivity index (χ4n) is 2.15. The number of aromatic nitrogens is 1. The Morgan fingerprint density at radius 1 is 1.05 bits per heavy atom. The van der Waals surface area contributed by atoms with Crippen molar-refractivity contribution in [3.05, 3.63) is 76.7 Å². The molecule has 4 heteroatoms. The first kappa shape index (κ1) is 12.8. The first-order chi connectivity index (χ1) is 9.68. The molecule has 2 nitrogen and oxygen atoms in total. The van der Waals surface area contributed by atoms with Crippen LogP contribution in [-0.4, -0.2) is 10.8 Å². The summed E-state index contributed by atoms with van der Waals surface area (Å²) in [6, 6.07) is 12.9. The maximum Gasteiger partial charge on any atom is 0.198 e. The molecule has 0 saturated carbocycles. The van der Waals surface area contributed by atoms with E-state index in [1.807, 2.05) is 0 Å². The van der Waals surface area contributed by atoms with E-state index in [-0.39, 0.29) is 10.6 Å². The normalized spacial score (nSPS) is 10.7. The van der Waals surface area contributed by atoms with Gasteiger partial charge >= 0.3 is 0 Å². The quantitative estimate of drug-likeness (QED) is 0.659. The summed E-state index contributed by atoms with van der Waals surface area (Å²) in [5.41, 5.74) is 0.971. The van der Waals surface area contributed by atoms with Gasteiger partial charge in [-0.3, -0.25) is 9.78 Å². The van der Waals surface area contributed by atoms with Gasteiger partial charge in [0.05, 0.1) is 16.1 Å². The Kier molecular flexibility index (Phi) is 3.20. The average molecular weight is 286 g/mol. The Morgan fingerprint density at radius 3 is 2.65 bits per heavy atom. The SMILES string of the molecule is O=C(c1c(F)cccc1Cl)c1cccc2ncccc12. The van der Waals surface area contributed by atoms with E-state index in [9.17, 15) is 9.18 Å². The minimum Gasteiger partial charge on any atom is -0.288 e. The largest absolute Gasteiger partial charge is 0.288 e. The predicted molar refractivity (Wildman–Crippen MR) is 76.6 cm³/mol. The molecule has 3 aromatic rings. The lowest BCUT2D eigenvalue weighted by Gasteiger charge is -2.07. The van der Waals surface area contributed by atoms with Gasteiger partial charge in [0.25, 0.3) is 0 Å². The highest BCUT2D eigenvalue weighted by Gasteiger charge is 2.19. The maximum atomic E-state index is 13.9. The molecule has 0 fully saturated rings. The van der Waals surface area contributed by atoms with Crippen molar-refractivity contribution < 1.29 is 9.18 Å². The third-order valence-electron chi connectivity index (χ3n) is 3.08. The summed E-state index contributed by atoms with van der Waals surface area (Å²) in [5, 5.41) is 0.787. The van der Waals surface area contributed by atoms with E-state index in [4.69, 9.17) is 11.6 Å². The van der Waals surface area contributed by atoms with Gasteiger partial charge < -0.3 is 0 Å². The first-order valence-corrected chi connectivity index (χ1v) is 6.39. The number of fused-ring (bicyclic) bond motifs is 1. The summed E-state index contributed by atoms with van der Waals surface area (Å²) in [6.07, 6.45) is 1.65. The minimum absolute atomic E-state index is 0.106. The van der Waals surface area contributed by atoms with E-state index in [1.54, 1.807) is 36.5 Å². The number of nitrogens with zero attached hydrogens (tertiary/aromatic N) is 1. The summed E-state index contributed by atoms with van der Waals surface area (Å²) < 4.78 is 13.9. The summed E-state index contributed by atoms with van der Waals surface area (Å²) >= 11 is 5.95. The number of rotatable bonds is 2. The lowest BCUT2D eigenvalue weighted by Crippen LogP contribution is -2.06. The van der Waals surface area contributed by atoms with Gasteiger partial charge in [-0.05, 0) is 24.3 Å². The Morgan fingerprint density at radius 2 is 1.85 bits per heavy atom. The maximum absolute atomic E-state index is 13.9. The van der Waals surface area contributed by atoms with Crippen molar-refractivity contribution >= 4 is 28.3 Å². The molecule has 0 atom stereocenters. The standard InChI is InChI=1S/C16H9ClFNO/c17-12-6-2-7-13(18)15(12)16(20)11-4-1-8-14-10(11)5-3-9-19-14/h1-9H. The van der Waals surface area contributed by atoms with Crippen LogP contribution in [0.25, 0.3) is 10.9 Å². The van der Waals surface area contributed by atoms with Crippen LogP contribution in [0.15, 0.2) is 54.7 Å². The molecule has 0 bridgehead atoms. The Labute approximate surface area is 119 Å². The van der Waals surface area contributed by atoms with Gasteiger partial charge in [-0.1, -0.05) is 35.9 Å². The van der Waals surface area contributed by atoms with Crippen LogP contribution in [0.5, 0.6) is 0 Å². The van der Waals surface area contributed by atoms with E-state index in [1.165, 1.54) is 18.2 Å². The number of hydrogen-bond acceptors (Lipinski definition) is 2. The monoisotopic (exact) mass is 285 g/mol. The van der Waals surface area contributed by atoms with Gasteiger partial charge in [-0.15, -0.1) is 0 Å². The van der Waals surface area contributed by atoms with Crippen LogP contribution in [0, 0.1) is 5.82 Å². The number of ketones is 1. The summed E-state index contributed by atoms with van der Waals surface area (Å²) in [6.45, 7) is 0. The van der Waals surface area contributed by atoms with Crippen LogP contribution in [0.2, 0.25) is 5.02 Å². The minimum atomic E-state index is -0.622. The second-order valence-electron chi connectivity index (χ2n) is 4.30. The third-order valence-corrected chi connectivity index (χ3v) is 3.40. The average Bonchev–Trinajstić information content (AvgIpc) is 2.46. The Balaban J connectivity index is 2.24. The van der Waals surface area contributed by atoms with Crippen molar-refractivity contribution in [3.63, 3.8) is 0 Å². The third kappa shape index (κ3) is 2.06. The van der Waals surface area contributed by atoms with Crippen molar-refractivity contribution in [2.45, 2.75) is 0 Å². The molecule has 1 aromatic heterocycles. The van der Waals surface area contributed by atoms with Crippen molar-refractivity contribution in [1.29, 1.82) is 0 Å². The number of carbonyl (C=O) groups excluding carboxylic acids is 1. The lowest BCUT2D eigenvalue weighted by atomic mass is 9.99. The molecule has 0 N–H and O–H groups in total. The number of pyridine rings is 1. The van der Waals surface area contributed by atoms with E-state index in [0.29, 0.717) is 16.5 Å². The summed E-state index contributed by atoms with van der Waals surface area (Å²) in [4.78, 5) is 16.7. The highest BCUT2D eigenvalue weighted by Crippen LogP contribution is 2.25. The molecule has 0 amide bonds. The van der Waals surface area contributed by atoms with Gasteiger partial charge in [0, 0.05) is 17.1 Å². The Hall–Kier alpha value is -2.26. The fraction of sp³-hybridized carbons (Fsp3) is 0. The number of halogens is 2. The molecule has 0 saturated heterocycles. The van der Waals surface area contributed by atoms with Crippen LogP contribution in [0.4, 0.5) is 4.39 Å². The van der Waals surface area contributed by atoms with Gasteiger partial charge in [-0.25, -0.2) is 4.39 Å². The summed E-state index contributed by atoms with van der Waals surface area (Å²) in [7, 11) is 0. The molecule has 0 spiro atoms. The molecule has 0 aliphatic heterocycles. The molecule has 1 heterocycles. The zero-order chi connectivity index (χ0) is 14.1. The molecule has 20 heavy (non-hydrogen) atoms. The van der Waals surface area contributed by atoms with E-state index in [0.717, 1.165) is 0 Å². The van der Waals surface area contributed by atoms with Crippen molar-refractivity contribution in [1.82, 2.24) is 4.98 Å². The fourth-order valence-corrected chi connectivity index (χ4v) is 2.40. The van der Waals surface area contributed by atoms with Crippen LogP contribution in [0.3, 0.4) is 0 Å². The van der Waals surface area contributed by atoms with Crippen LogP contribution >= 0.6 is 11.6 Å². The van der Waals surface area contributed by atoms with E-state index < -0.39 is 11.6 Å². The number of hydrogen-bond donors (Lipinski definition) is 0. The molecule has 3 rings (SSSR count). The smallest absolute Gasteiger partial charge is 0.198 e. The molecule has 2 aromatic carbocycles. The van der Waals surface area contributed by atoms with Gasteiger partial charge in [0.1, 0.15) is 5.82 Å². The molecule has 0 unspecified atom stereocenters. The van der Waals surface area contributed by atoms with Crippen LogP contribution in [0.1, 0.15) is 15.9 Å². The van der Waals surface area contributed by atoms with Crippen LogP contribution < -0.4 is 0 Å². The summed E-state index contributed by atoms with van der Waals surface area (Å²) in [5.74, 6) is -1.06. The zero-order valence-electron chi connectivity index (χ0n) is 10.3. The zero-order valence-corrected chi connectivity index (χ0v) is 11.1. The first-order valence-electron chi connectivity index (χ1n) is 6.01. The second-order valence-corrected chi connectivity index (χ2v) is 4.71. The highest BCUT2D eigenvalue weighted by molar-refractivity contribution is 6.35. The number of benzene rings is 2. The molecule has 0 radical (unpaired) electrons. The van der Waals surface area contributed by atoms with E-state index >= 15 is 0 Å². The molecule has 98 valence electrons. The highest BCUT2D eigenvalue weighted by atomic mass is 35.5. The van der Waals surface area contributed by atoms with E-state index in [2.05, 4.69) is 4.98 Å². The van der Waals surface area contributed by atoms with Crippen molar-refractivity contribution in [3.8, 4) is 0 Å². The molecular formula is C16H9ClFNO. The second kappa shape index (κ2) is 5.02.